The van der Waals surface area contributed by atoms with Crippen molar-refractivity contribution in [3.63, 3.8) is 0 Å². The highest BCUT2D eigenvalue weighted by Gasteiger charge is 2.29. The second kappa shape index (κ2) is 13.2. The molecule has 0 aliphatic carbocycles. The van der Waals surface area contributed by atoms with Crippen LogP contribution in [0.3, 0.4) is 0 Å². The molecule has 4 heterocycles. The largest absolute Gasteiger partial charge is 0.472 e. The van der Waals surface area contributed by atoms with Gasteiger partial charge in [-0.15, -0.1) is 5.10 Å². The molecule has 11 nitrogen and oxygen atoms in total. The summed E-state index contributed by atoms with van der Waals surface area (Å²) in [5.74, 6) is -0.0368. The van der Waals surface area contributed by atoms with Gasteiger partial charge in [0.2, 0.25) is 5.88 Å². The van der Waals surface area contributed by atoms with Crippen LogP contribution in [0.15, 0.2) is 61.2 Å². The Labute approximate surface area is 266 Å². The van der Waals surface area contributed by atoms with E-state index in [2.05, 4.69) is 15.0 Å². The summed E-state index contributed by atoms with van der Waals surface area (Å²) in [6.45, 7) is 0.737. The molecule has 0 atom stereocenters. The van der Waals surface area contributed by atoms with Crippen LogP contribution in [0.1, 0.15) is 51.9 Å². The number of hydrogen-bond donors (Lipinski definition) is 0. The third kappa shape index (κ3) is 7.28. The number of nitriles is 1. The lowest BCUT2D eigenvalue weighted by molar-refractivity contribution is -0.141. The van der Waals surface area contributed by atoms with E-state index in [0.717, 1.165) is 23.7 Å². The summed E-state index contributed by atoms with van der Waals surface area (Å²) in [7, 11) is 1.28. The average molecular weight is 651 g/mol. The maximum atomic E-state index is 14.2. The van der Waals surface area contributed by atoms with Crippen molar-refractivity contribution in [2.24, 2.45) is 0 Å². The molecule has 5 aromatic rings. The summed E-state index contributed by atoms with van der Waals surface area (Å²) in [6, 6.07) is 12.9. The Kier molecular flexibility index (Phi) is 8.95. The molecule has 3 aromatic heterocycles. The lowest BCUT2D eigenvalue weighted by Crippen LogP contribution is -2.35. The molecule has 1 aliphatic rings. The number of fused-ring (bicyclic) bond motifs is 1. The third-order valence-electron chi connectivity index (χ3n) is 8.15. The fourth-order valence-corrected chi connectivity index (χ4v) is 5.72. The average Bonchev–Trinajstić information content (AvgIpc) is 3.79. The topological polar surface area (TPSA) is 116 Å². The minimum atomic E-state index is -4.41. The Morgan fingerprint density at radius 1 is 1.11 bits per heavy atom. The molecule has 1 fully saturated rings. The SMILES string of the molecule is COC(=O)c1ccc2nc(CN3CCC(n4ccc(OCc5ccc(C#N)cc5F)n4)CC3)n(Cc3cncn3CC(F)(F)F)c2c1. The van der Waals surface area contributed by atoms with Gasteiger partial charge >= 0.3 is 12.1 Å². The van der Waals surface area contributed by atoms with Crippen molar-refractivity contribution in [3.05, 3.63) is 95.2 Å². The van der Waals surface area contributed by atoms with Crippen LogP contribution in [-0.4, -0.2) is 66.1 Å². The van der Waals surface area contributed by atoms with Gasteiger partial charge in [-0.3, -0.25) is 9.58 Å². The molecule has 6 rings (SSSR count). The quantitative estimate of drug-likeness (QED) is 0.149. The van der Waals surface area contributed by atoms with Crippen LogP contribution >= 0.6 is 0 Å². The van der Waals surface area contributed by atoms with Crippen LogP contribution in [-0.2, 0) is 31.0 Å². The number of imidazole rings is 2. The number of benzene rings is 2. The summed E-state index contributed by atoms with van der Waals surface area (Å²) < 4.78 is 69.2. The van der Waals surface area contributed by atoms with E-state index in [1.165, 1.54) is 31.5 Å². The molecule has 0 N–H and O–H groups in total. The highest BCUT2D eigenvalue weighted by Crippen LogP contribution is 2.27. The first-order valence-electron chi connectivity index (χ1n) is 14.8. The smallest absolute Gasteiger partial charge is 0.406 e. The lowest BCUT2D eigenvalue weighted by Gasteiger charge is -2.31. The normalized spacial score (nSPS) is 14.4. The summed E-state index contributed by atoms with van der Waals surface area (Å²) in [4.78, 5) is 23.2. The molecule has 0 radical (unpaired) electrons. The predicted molar refractivity (Wildman–Crippen MR) is 160 cm³/mol. The number of piperidine rings is 1. The summed E-state index contributed by atoms with van der Waals surface area (Å²) in [5, 5.41) is 13.5. The van der Waals surface area contributed by atoms with E-state index in [0.29, 0.717) is 59.2 Å². The molecule has 0 bridgehead atoms. The maximum absolute atomic E-state index is 14.2. The zero-order valence-electron chi connectivity index (χ0n) is 25.3. The van der Waals surface area contributed by atoms with Crippen molar-refractivity contribution in [3.8, 4) is 11.9 Å². The van der Waals surface area contributed by atoms with Gasteiger partial charge in [-0.25, -0.2) is 19.2 Å². The molecular weight excluding hydrogens is 620 g/mol. The molecule has 15 heteroatoms. The highest BCUT2D eigenvalue weighted by molar-refractivity contribution is 5.93. The zero-order chi connectivity index (χ0) is 33.1. The van der Waals surface area contributed by atoms with Gasteiger partial charge in [0, 0.05) is 37.1 Å². The first-order chi connectivity index (χ1) is 22.6. The number of ether oxygens (including phenoxy) is 2. The van der Waals surface area contributed by atoms with E-state index in [1.54, 1.807) is 24.3 Å². The van der Waals surface area contributed by atoms with Crippen LogP contribution in [0.25, 0.3) is 11.0 Å². The van der Waals surface area contributed by atoms with Crippen LogP contribution in [0.4, 0.5) is 17.6 Å². The monoisotopic (exact) mass is 650 g/mol. The molecule has 0 saturated carbocycles. The predicted octanol–water partition coefficient (Wildman–Crippen LogP) is 5.25. The number of halogens is 4. The van der Waals surface area contributed by atoms with Crippen molar-refractivity contribution in [2.45, 2.75) is 51.3 Å². The van der Waals surface area contributed by atoms with E-state index < -0.39 is 24.5 Å². The number of carbonyl (C=O) groups excluding carboxylic acids is 1. The Bertz CT molecular complexity index is 1930. The lowest BCUT2D eigenvalue weighted by atomic mass is 10.1. The van der Waals surface area contributed by atoms with Crippen molar-refractivity contribution < 1.29 is 31.8 Å². The van der Waals surface area contributed by atoms with E-state index in [4.69, 9.17) is 19.7 Å². The molecule has 0 spiro atoms. The molecule has 0 amide bonds. The molecular formula is C32H30F4N8O3. The highest BCUT2D eigenvalue weighted by atomic mass is 19.4. The van der Waals surface area contributed by atoms with Gasteiger partial charge < -0.3 is 18.6 Å². The number of likely N-dealkylation sites (tertiary alicyclic amines) is 1. The Hall–Kier alpha value is -5.23. The number of carbonyl (C=O) groups is 1. The third-order valence-corrected chi connectivity index (χ3v) is 8.15. The van der Waals surface area contributed by atoms with Gasteiger partial charge in [0.05, 0.1) is 66.5 Å². The minimum Gasteiger partial charge on any atom is -0.472 e. The van der Waals surface area contributed by atoms with Gasteiger partial charge in [-0.1, -0.05) is 6.07 Å². The number of methoxy groups -OCH3 is 1. The summed E-state index contributed by atoms with van der Waals surface area (Å²) in [5.41, 5.74) is 2.42. The first-order valence-corrected chi connectivity index (χ1v) is 14.8. The fraction of sp³-hybridized carbons (Fsp3) is 0.344. The van der Waals surface area contributed by atoms with Crippen molar-refractivity contribution in [2.75, 3.05) is 20.2 Å². The number of alkyl halides is 3. The van der Waals surface area contributed by atoms with E-state index >= 15 is 0 Å². The van der Waals surface area contributed by atoms with Crippen molar-refractivity contribution >= 4 is 17.0 Å². The number of hydrogen-bond acceptors (Lipinski definition) is 8. The van der Waals surface area contributed by atoms with Gasteiger partial charge in [0.1, 0.15) is 24.8 Å². The van der Waals surface area contributed by atoms with Crippen molar-refractivity contribution in [1.29, 1.82) is 5.26 Å². The summed E-state index contributed by atoms with van der Waals surface area (Å²) in [6.07, 6.45) is 1.52. The molecule has 0 unspecified atom stereocenters. The Morgan fingerprint density at radius 2 is 1.91 bits per heavy atom. The van der Waals surface area contributed by atoms with Crippen LogP contribution in [0.5, 0.6) is 5.88 Å². The molecule has 1 aliphatic heterocycles. The van der Waals surface area contributed by atoms with Gasteiger partial charge in [0.25, 0.3) is 0 Å². The van der Waals surface area contributed by atoms with Crippen molar-refractivity contribution in [1.82, 2.24) is 33.8 Å². The van der Waals surface area contributed by atoms with E-state index in [1.807, 2.05) is 21.5 Å². The van der Waals surface area contributed by atoms with Gasteiger partial charge in [0.15, 0.2) is 0 Å². The number of rotatable bonds is 10. The van der Waals surface area contributed by atoms with Crippen LogP contribution in [0, 0.1) is 17.1 Å². The summed E-state index contributed by atoms with van der Waals surface area (Å²) >= 11 is 0. The Morgan fingerprint density at radius 3 is 2.64 bits per heavy atom. The molecule has 47 heavy (non-hydrogen) atoms. The number of esters is 1. The minimum absolute atomic E-state index is 0.0217. The molecule has 1 saturated heterocycles. The number of nitrogens with zero attached hydrogens (tertiary/aromatic N) is 8. The maximum Gasteiger partial charge on any atom is 0.406 e. The first kappa shape index (κ1) is 31.7. The van der Waals surface area contributed by atoms with Crippen LogP contribution in [0.2, 0.25) is 0 Å². The van der Waals surface area contributed by atoms with E-state index in [9.17, 15) is 22.4 Å². The second-order valence-corrected chi connectivity index (χ2v) is 11.3. The van der Waals surface area contributed by atoms with Crippen LogP contribution < -0.4 is 4.74 Å². The zero-order valence-corrected chi connectivity index (χ0v) is 25.3. The standard InChI is InChI=1S/C32H30F4N8O3/c1-46-31(45)22-4-5-27-28(13-22)43(16-25-15-38-20-42(25)19-32(34,35)36)29(39-27)17-41-9-6-24(7-10-41)44-11-8-30(40-44)47-18-23-3-2-21(14-37)12-26(23)33/h2-5,8,11-13,15,20,24H,6-7,9-10,16-19H2,1H3. The van der Waals surface area contributed by atoms with Gasteiger partial charge in [-0.05, 0) is 43.2 Å². The molecule has 244 valence electrons. The van der Waals surface area contributed by atoms with Gasteiger partial charge in [-0.2, -0.15) is 18.4 Å². The second-order valence-electron chi connectivity index (χ2n) is 11.3. The number of aromatic nitrogens is 6. The molecule has 2 aromatic carbocycles. The Balaban J connectivity index is 1.14. The fourth-order valence-electron chi connectivity index (χ4n) is 5.72. The van der Waals surface area contributed by atoms with E-state index in [-0.39, 0.29) is 24.8 Å².